The van der Waals surface area contributed by atoms with Crippen molar-refractivity contribution in [3.8, 4) is 0 Å². The van der Waals surface area contributed by atoms with Gasteiger partial charge in [0.25, 0.3) is 0 Å². The summed E-state index contributed by atoms with van der Waals surface area (Å²) in [5, 5.41) is 54.3. The molecule has 1 aliphatic rings. The number of hydrogen-bond donors (Lipinski definition) is 6. The highest BCUT2D eigenvalue weighted by molar-refractivity contribution is 5.76. The number of carbonyl (C=O) groups is 1. The average molecular weight is 902 g/mol. The van der Waals surface area contributed by atoms with E-state index in [2.05, 4.69) is 67.8 Å². The molecule has 1 aliphatic heterocycles. The number of nitrogens with one attached hydrogen (secondary N) is 1. The Morgan fingerprint density at radius 1 is 0.531 bits per heavy atom. The first kappa shape index (κ1) is 59.9. The van der Waals surface area contributed by atoms with Gasteiger partial charge in [-0.2, -0.15) is 0 Å². The zero-order valence-electron chi connectivity index (χ0n) is 41.0. The normalized spacial score (nSPS) is 20.5. The second kappa shape index (κ2) is 44.7. The molecule has 9 heteroatoms. The first-order valence-electron chi connectivity index (χ1n) is 26.5. The Morgan fingerprint density at radius 3 is 1.42 bits per heavy atom. The smallest absolute Gasteiger partial charge is 0.220 e. The molecule has 1 rings (SSSR count). The van der Waals surface area contributed by atoms with Crippen LogP contribution in [0.3, 0.4) is 0 Å². The summed E-state index contributed by atoms with van der Waals surface area (Å²) in [6, 6.07) is -0.829. The number of amides is 1. The van der Waals surface area contributed by atoms with Gasteiger partial charge in [0.1, 0.15) is 24.4 Å². The maximum Gasteiger partial charge on any atom is 0.220 e. The molecule has 0 aromatic rings. The second-order valence-electron chi connectivity index (χ2n) is 18.3. The Balaban J connectivity index is 2.23. The van der Waals surface area contributed by atoms with Crippen LogP contribution in [0, 0.1) is 0 Å². The van der Waals surface area contributed by atoms with Crippen LogP contribution in [-0.2, 0) is 14.3 Å². The maximum absolute atomic E-state index is 13.0. The van der Waals surface area contributed by atoms with E-state index in [0.29, 0.717) is 6.42 Å². The van der Waals surface area contributed by atoms with Crippen LogP contribution >= 0.6 is 0 Å². The Morgan fingerprint density at radius 2 is 0.938 bits per heavy atom. The van der Waals surface area contributed by atoms with Crippen molar-refractivity contribution in [2.75, 3.05) is 13.2 Å². The van der Waals surface area contributed by atoms with E-state index in [0.717, 1.165) is 57.8 Å². The van der Waals surface area contributed by atoms with Crippen LogP contribution in [0.4, 0.5) is 0 Å². The summed E-state index contributed by atoms with van der Waals surface area (Å²) in [7, 11) is 0. The summed E-state index contributed by atoms with van der Waals surface area (Å²) in [5.74, 6) is -0.192. The maximum atomic E-state index is 13.0. The molecule has 0 bridgehead atoms. The van der Waals surface area contributed by atoms with Gasteiger partial charge in [-0.25, -0.2) is 0 Å². The summed E-state index contributed by atoms with van der Waals surface area (Å²) in [6.07, 6.45) is 52.8. The predicted molar refractivity (Wildman–Crippen MR) is 267 cm³/mol. The van der Waals surface area contributed by atoms with Gasteiger partial charge in [-0.15, -0.1) is 0 Å². The Labute approximate surface area is 392 Å². The molecule has 0 radical (unpaired) electrons. The minimum atomic E-state index is -1.58. The van der Waals surface area contributed by atoms with Crippen molar-refractivity contribution in [3.05, 3.63) is 60.8 Å². The molecule has 7 atom stereocenters. The monoisotopic (exact) mass is 902 g/mol. The molecule has 0 aliphatic carbocycles. The van der Waals surface area contributed by atoms with Gasteiger partial charge in [-0.05, 0) is 77.0 Å². The molecule has 0 aromatic carbocycles. The molecule has 9 nitrogen and oxygen atoms in total. The molecule has 7 unspecified atom stereocenters. The fourth-order valence-electron chi connectivity index (χ4n) is 8.04. The molecule has 6 N–H and O–H groups in total. The third-order valence-electron chi connectivity index (χ3n) is 12.3. The zero-order valence-corrected chi connectivity index (χ0v) is 41.0. The van der Waals surface area contributed by atoms with E-state index in [-0.39, 0.29) is 12.5 Å². The van der Waals surface area contributed by atoms with E-state index in [4.69, 9.17) is 9.47 Å². The minimum absolute atomic E-state index is 0.192. The summed E-state index contributed by atoms with van der Waals surface area (Å²) in [5.41, 5.74) is 0. The van der Waals surface area contributed by atoms with Gasteiger partial charge in [0.2, 0.25) is 5.91 Å². The Hall–Kier alpha value is -2.11. The summed E-state index contributed by atoms with van der Waals surface area (Å²) >= 11 is 0. The van der Waals surface area contributed by atoms with Gasteiger partial charge < -0.3 is 40.3 Å². The number of aliphatic hydroxyl groups is 5. The highest BCUT2D eigenvalue weighted by atomic mass is 16.7. The molecule has 64 heavy (non-hydrogen) atoms. The van der Waals surface area contributed by atoms with Crippen molar-refractivity contribution in [2.45, 2.75) is 269 Å². The van der Waals surface area contributed by atoms with Crippen molar-refractivity contribution < 1.29 is 39.8 Å². The topological polar surface area (TPSA) is 149 Å². The molecular formula is C55H99NO8. The molecule has 0 saturated carbocycles. The summed E-state index contributed by atoms with van der Waals surface area (Å²) in [6.45, 7) is 3.72. The van der Waals surface area contributed by atoms with Crippen molar-refractivity contribution in [1.82, 2.24) is 5.32 Å². The van der Waals surface area contributed by atoms with Gasteiger partial charge in [0.15, 0.2) is 6.29 Å². The summed E-state index contributed by atoms with van der Waals surface area (Å²) in [4.78, 5) is 13.0. The molecule has 1 heterocycles. The highest BCUT2D eigenvalue weighted by Crippen LogP contribution is 2.23. The van der Waals surface area contributed by atoms with Crippen LogP contribution in [0.25, 0.3) is 0 Å². The lowest BCUT2D eigenvalue weighted by molar-refractivity contribution is -0.302. The molecular weight excluding hydrogens is 803 g/mol. The average Bonchev–Trinajstić information content (AvgIpc) is 3.29. The van der Waals surface area contributed by atoms with Crippen LogP contribution in [0.1, 0.15) is 226 Å². The third kappa shape index (κ3) is 34.2. The number of unbranched alkanes of at least 4 members (excludes halogenated alkanes) is 26. The molecule has 1 fully saturated rings. The van der Waals surface area contributed by atoms with Crippen molar-refractivity contribution in [3.63, 3.8) is 0 Å². The second-order valence-corrected chi connectivity index (χ2v) is 18.3. The lowest BCUT2D eigenvalue weighted by Crippen LogP contribution is -2.60. The van der Waals surface area contributed by atoms with Crippen LogP contribution in [-0.4, -0.2) is 87.5 Å². The number of carbonyl (C=O) groups excluding carboxylic acids is 1. The van der Waals surface area contributed by atoms with Gasteiger partial charge in [0, 0.05) is 6.42 Å². The predicted octanol–water partition coefficient (Wildman–Crippen LogP) is 12.3. The lowest BCUT2D eigenvalue weighted by Gasteiger charge is -2.40. The summed E-state index contributed by atoms with van der Waals surface area (Å²) < 4.78 is 11.2. The number of ether oxygens (including phenoxy) is 2. The molecule has 0 spiro atoms. The number of rotatable bonds is 44. The minimum Gasteiger partial charge on any atom is -0.394 e. The highest BCUT2D eigenvalue weighted by Gasteiger charge is 2.44. The Bertz CT molecular complexity index is 1180. The number of aliphatic hydroxyl groups excluding tert-OH is 5. The van der Waals surface area contributed by atoms with E-state index in [1.807, 2.05) is 6.08 Å². The van der Waals surface area contributed by atoms with Gasteiger partial charge in [-0.1, -0.05) is 203 Å². The van der Waals surface area contributed by atoms with Crippen LogP contribution in [0.5, 0.6) is 0 Å². The fourth-order valence-corrected chi connectivity index (χ4v) is 8.04. The Kier molecular flexibility index (Phi) is 41.9. The first-order valence-corrected chi connectivity index (χ1v) is 26.5. The van der Waals surface area contributed by atoms with Gasteiger partial charge >= 0.3 is 0 Å². The van der Waals surface area contributed by atoms with E-state index in [1.165, 1.54) is 148 Å². The van der Waals surface area contributed by atoms with E-state index < -0.39 is 49.5 Å². The number of hydrogen-bond acceptors (Lipinski definition) is 8. The van der Waals surface area contributed by atoms with Crippen molar-refractivity contribution in [2.24, 2.45) is 0 Å². The largest absolute Gasteiger partial charge is 0.394 e. The molecule has 1 amide bonds. The third-order valence-corrected chi connectivity index (χ3v) is 12.3. The van der Waals surface area contributed by atoms with Crippen molar-refractivity contribution >= 4 is 5.91 Å². The zero-order chi connectivity index (χ0) is 46.6. The molecule has 372 valence electrons. The van der Waals surface area contributed by atoms with E-state index in [1.54, 1.807) is 6.08 Å². The van der Waals surface area contributed by atoms with E-state index in [9.17, 15) is 30.3 Å². The van der Waals surface area contributed by atoms with Crippen LogP contribution < -0.4 is 5.32 Å². The van der Waals surface area contributed by atoms with Gasteiger partial charge in [0.05, 0.1) is 25.4 Å². The van der Waals surface area contributed by atoms with Crippen LogP contribution in [0.2, 0.25) is 0 Å². The number of allylic oxidation sites excluding steroid dienone is 9. The van der Waals surface area contributed by atoms with Crippen LogP contribution in [0.15, 0.2) is 60.8 Å². The SMILES string of the molecule is CCCCCC/C=C/CC/C=C/CC/C=C/C(O)C(COC1OC(CO)C(O)C(O)C1O)NC(=O)CCCCCCCCCCCCCCCCC/C=C\C/C=C\CCCCCCC. The van der Waals surface area contributed by atoms with E-state index >= 15 is 0 Å². The quantitative estimate of drug-likeness (QED) is 0.0262. The van der Waals surface area contributed by atoms with Crippen molar-refractivity contribution in [1.29, 1.82) is 0 Å². The molecule has 1 saturated heterocycles. The lowest BCUT2D eigenvalue weighted by atomic mass is 9.99. The first-order chi connectivity index (χ1) is 31.3. The standard InChI is InChI=1S/C55H99NO8/c1-3-5-7-9-11-13-15-17-19-20-21-22-23-24-25-26-27-28-29-30-31-33-35-37-39-41-43-45-51(59)56-48(47-63-55-54(62)53(61)52(60)50(46-57)64-55)49(58)44-42-40-38-36-34-32-18-16-14-12-10-8-6-4-2/h14-17,20-21,34,36,42,44,48-50,52-55,57-58,60-62H,3-13,18-19,22-33,35,37-41,43,45-47H2,1-2H3,(H,56,59)/b16-14+,17-15-,21-20-,36-34+,44-42+. The molecule has 0 aromatic heterocycles. The fraction of sp³-hybridized carbons (Fsp3) is 0.800. The van der Waals surface area contributed by atoms with Gasteiger partial charge in [-0.3, -0.25) is 4.79 Å².